The third-order valence-corrected chi connectivity index (χ3v) is 1.21. The second kappa shape index (κ2) is 2.92. The van der Waals surface area contributed by atoms with Crippen molar-refractivity contribution in [1.82, 2.24) is 0 Å². The topological polar surface area (TPSA) is 34.1 Å². The van der Waals surface area contributed by atoms with Crippen LogP contribution in [-0.2, 0) is 0 Å². The van der Waals surface area contributed by atoms with Crippen molar-refractivity contribution in [1.29, 1.82) is 0 Å². The van der Waals surface area contributed by atoms with Crippen LogP contribution in [0.25, 0.3) is 0 Å². The summed E-state index contributed by atoms with van der Waals surface area (Å²) in [6.07, 6.45) is 1.49. The van der Waals surface area contributed by atoms with E-state index in [2.05, 4.69) is 0 Å². The first-order chi connectivity index (χ1) is 4.86. The highest BCUT2D eigenvalue weighted by Gasteiger charge is 1.88. The fraction of sp³-hybridized carbons (Fsp3) is 0. The van der Waals surface area contributed by atoms with E-state index in [1.807, 2.05) is 0 Å². The molecule has 0 saturated carbocycles. The molecule has 0 amide bonds. The Kier molecular flexibility index (Phi) is 1.95. The Morgan fingerprint density at radius 3 is 2.20 bits per heavy atom. The van der Waals surface area contributed by atoms with E-state index in [1.165, 1.54) is 0 Å². The van der Waals surface area contributed by atoms with Crippen LogP contribution in [0.15, 0.2) is 24.3 Å². The minimum Gasteiger partial charge on any atom is -0.298 e. The summed E-state index contributed by atoms with van der Waals surface area (Å²) in [6.45, 7) is 0. The molecule has 0 saturated heterocycles. The van der Waals surface area contributed by atoms with E-state index in [4.69, 9.17) is 0 Å². The van der Waals surface area contributed by atoms with Gasteiger partial charge in [-0.2, -0.15) is 0 Å². The molecule has 0 aromatic heterocycles. The smallest absolute Gasteiger partial charge is 0.150 e. The van der Waals surface area contributed by atoms with Crippen molar-refractivity contribution in [2.45, 2.75) is 0 Å². The van der Waals surface area contributed by atoms with Gasteiger partial charge in [0, 0.05) is 11.1 Å². The van der Waals surface area contributed by atoms with Gasteiger partial charge in [0.25, 0.3) is 0 Å². The highest BCUT2D eigenvalue weighted by Crippen LogP contribution is 1.98. The van der Waals surface area contributed by atoms with Crippen LogP contribution in [0.1, 0.15) is 20.7 Å². The normalized spacial score (nSPS) is 8.80. The summed E-state index contributed by atoms with van der Waals surface area (Å²) < 4.78 is 0. The van der Waals surface area contributed by atoms with Crippen LogP contribution in [0.2, 0.25) is 0 Å². The lowest BCUT2D eigenvalue weighted by Crippen LogP contribution is -1.81. The molecule has 0 spiro atoms. The molecule has 1 rings (SSSR count). The average molecular weight is 136 g/mol. The molecule has 1 aromatic carbocycles. The molecule has 0 aliphatic carbocycles. The largest absolute Gasteiger partial charge is 0.298 e. The predicted octanol–water partition coefficient (Wildman–Crippen LogP) is 1.31. The van der Waals surface area contributed by atoms with Crippen molar-refractivity contribution in [2.24, 2.45) is 0 Å². The lowest BCUT2D eigenvalue weighted by molar-refractivity contribution is 0.111. The monoisotopic (exact) mass is 136 g/mol. The van der Waals surface area contributed by atoms with Crippen molar-refractivity contribution in [2.75, 3.05) is 0 Å². The van der Waals surface area contributed by atoms with Gasteiger partial charge in [-0.3, -0.25) is 9.59 Å². The number of hydrogen-bond acceptors (Lipinski definition) is 2. The molecule has 0 fully saturated rings. The van der Waals surface area contributed by atoms with Gasteiger partial charge >= 0.3 is 0 Å². The minimum absolute atomic E-state index is 0.589. The second-order valence-corrected chi connectivity index (χ2v) is 1.90. The molecule has 0 unspecified atom stereocenters. The van der Waals surface area contributed by atoms with Crippen LogP contribution in [0.4, 0.5) is 0 Å². The van der Waals surface area contributed by atoms with Gasteiger partial charge in [0.05, 0.1) is 0 Å². The van der Waals surface area contributed by atoms with Crippen molar-refractivity contribution in [3.05, 3.63) is 35.4 Å². The first-order valence-corrected chi connectivity index (χ1v) is 2.87. The Morgan fingerprint density at radius 1 is 1.20 bits per heavy atom. The zero-order valence-electron chi connectivity index (χ0n) is 5.28. The molecule has 0 aliphatic rings. The van der Waals surface area contributed by atoms with Gasteiger partial charge in [-0.05, 0) is 0 Å². The lowest BCUT2D eigenvalue weighted by atomic mass is 10.2. The maximum Gasteiger partial charge on any atom is 0.150 e. The molecule has 0 bridgehead atoms. The van der Waals surface area contributed by atoms with Crippen LogP contribution < -0.4 is 0 Å². The van der Waals surface area contributed by atoms with Gasteiger partial charge in [-0.1, -0.05) is 24.3 Å². The van der Waals surface area contributed by atoms with Crippen molar-refractivity contribution in [3.63, 3.8) is 0 Å². The van der Waals surface area contributed by atoms with E-state index in [1.54, 1.807) is 24.3 Å². The first-order valence-electron chi connectivity index (χ1n) is 2.87. The molecule has 2 nitrogen and oxygen atoms in total. The summed E-state index contributed by atoms with van der Waals surface area (Å²) >= 11 is 0. The molecule has 0 aliphatic heterocycles. The van der Waals surface area contributed by atoms with Crippen LogP contribution in [0.5, 0.6) is 0 Å². The van der Waals surface area contributed by atoms with E-state index in [0.29, 0.717) is 11.1 Å². The fourth-order valence-electron chi connectivity index (χ4n) is 0.653. The highest BCUT2D eigenvalue weighted by atomic mass is 16.3. The van der Waals surface area contributed by atoms with E-state index in [0.717, 1.165) is 12.6 Å². The number of hydrogen-bond donors (Lipinski definition) is 0. The predicted molar refractivity (Wildman–Crippen MR) is 37.2 cm³/mol. The van der Waals surface area contributed by atoms with Gasteiger partial charge < -0.3 is 0 Å². The zero-order valence-corrected chi connectivity index (χ0v) is 5.28. The summed E-state index contributed by atoms with van der Waals surface area (Å²) in [5, 5.41) is 0. The maximum absolute atomic E-state index is 10.1. The number of carbonyl (C=O) groups is 2. The Hall–Kier alpha value is -1.44. The molecule has 50 valence electrons. The number of aldehydes is 2. The van der Waals surface area contributed by atoms with Crippen molar-refractivity contribution < 1.29 is 9.59 Å². The van der Waals surface area contributed by atoms with Crippen molar-refractivity contribution >= 4 is 12.6 Å². The lowest BCUT2D eigenvalue weighted by Gasteiger charge is -1.88. The minimum atomic E-state index is 0.589. The molecule has 0 heterocycles. The second-order valence-electron chi connectivity index (χ2n) is 1.90. The SMILES string of the molecule is O=Cc1ccc([14CH]=O)cc1. The third-order valence-electron chi connectivity index (χ3n) is 1.21. The Labute approximate surface area is 58.5 Å². The summed E-state index contributed by atoms with van der Waals surface area (Å²) in [4.78, 5) is 20.2. The van der Waals surface area contributed by atoms with Gasteiger partial charge in [0.15, 0.2) is 0 Å². The molecule has 0 atom stereocenters. The molecule has 1 aromatic rings. The van der Waals surface area contributed by atoms with E-state index in [-0.39, 0.29) is 0 Å². The summed E-state index contributed by atoms with van der Waals surface area (Å²) in [6, 6.07) is 6.43. The average Bonchev–Trinajstić information content (AvgIpc) is 2.05. The highest BCUT2D eigenvalue weighted by molar-refractivity contribution is 5.79. The van der Waals surface area contributed by atoms with Crippen LogP contribution in [0, 0.1) is 0 Å². The summed E-state index contributed by atoms with van der Waals surface area (Å²) in [5.74, 6) is 0. The zero-order chi connectivity index (χ0) is 7.40. The van der Waals surface area contributed by atoms with Crippen LogP contribution >= 0.6 is 0 Å². The maximum atomic E-state index is 10.1. The summed E-state index contributed by atoms with van der Waals surface area (Å²) in [7, 11) is 0. The Bertz CT molecular complexity index is 209. The van der Waals surface area contributed by atoms with Gasteiger partial charge in [0.1, 0.15) is 12.6 Å². The standard InChI is InChI=1S/C8H6O2/c9-5-7-1-2-8(6-10)4-3-7/h1-6H/i5+2. The number of benzene rings is 1. The van der Waals surface area contributed by atoms with Crippen molar-refractivity contribution in [3.8, 4) is 0 Å². The molecule has 0 radical (unpaired) electrons. The van der Waals surface area contributed by atoms with Crippen LogP contribution in [-0.4, -0.2) is 12.6 Å². The molecule has 0 N–H and O–H groups in total. The molecular formula is C8H6O2. The number of rotatable bonds is 2. The van der Waals surface area contributed by atoms with E-state index in [9.17, 15) is 9.59 Å². The van der Waals surface area contributed by atoms with Gasteiger partial charge in [0.2, 0.25) is 0 Å². The first kappa shape index (κ1) is 6.68. The van der Waals surface area contributed by atoms with E-state index < -0.39 is 0 Å². The van der Waals surface area contributed by atoms with Gasteiger partial charge in [-0.15, -0.1) is 0 Å². The Balaban J connectivity index is 3.00. The summed E-state index contributed by atoms with van der Waals surface area (Å²) in [5.41, 5.74) is 1.18. The van der Waals surface area contributed by atoms with Crippen LogP contribution in [0.3, 0.4) is 0 Å². The third kappa shape index (κ3) is 1.29. The quantitative estimate of drug-likeness (QED) is 0.574. The molecule has 10 heavy (non-hydrogen) atoms. The molecule has 2 heteroatoms. The number of carbonyl (C=O) groups excluding carboxylic acids is 2. The molecular weight excluding hydrogens is 130 g/mol. The Morgan fingerprint density at radius 2 is 1.80 bits per heavy atom. The van der Waals surface area contributed by atoms with Gasteiger partial charge in [-0.25, -0.2) is 0 Å². The van der Waals surface area contributed by atoms with E-state index >= 15 is 0 Å². The fourth-order valence-corrected chi connectivity index (χ4v) is 0.653.